The van der Waals surface area contributed by atoms with E-state index in [0.29, 0.717) is 16.9 Å². The Morgan fingerprint density at radius 2 is 2.00 bits per heavy atom. The Hall–Kier alpha value is -1.93. The highest BCUT2D eigenvalue weighted by Crippen LogP contribution is 2.14. The maximum Gasteiger partial charge on any atom is 0.238 e. The molecule has 1 aromatic heterocycles. The Morgan fingerprint density at radius 3 is 2.48 bits per heavy atom. The number of hydrogen-bond donors (Lipinski definition) is 2. The van der Waals surface area contributed by atoms with Gasteiger partial charge in [0, 0.05) is 18.7 Å². The first-order chi connectivity index (χ1) is 9.77. The van der Waals surface area contributed by atoms with Gasteiger partial charge in [0.05, 0.1) is 11.4 Å². The van der Waals surface area contributed by atoms with Gasteiger partial charge in [-0.25, -0.2) is 8.42 Å². The molecular formula is C13H16N4O2S2. The summed E-state index contributed by atoms with van der Waals surface area (Å²) in [6, 6.07) is 8.49. The van der Waals surface area contributed by atoms with Crippen LogP contribution in [-0.2, 0) is 22.8 Å². The average Bonchev–Trinajstić information content (AvgIpc) is 2.67. The normalized spacial score (nSPS) is 11.3. The SMILES string of the molecule is Cc1cc(NS(=O)(=O)Cc2ccc(C(N)=S)cc2)n(C)n1. The van der Waals surface area contributed by atoms with Crippen LogP contribution in [0, 0.1) is 6.92 Å². The van der Waals surface area contributed by atoms with E-state index in [0.717, 1.165) is 5.69 Å². The molecule has 1 heterocycles. The third-order valence-electron chi connectivity index (χ3n) is 2.86. The van der Waals surface area contributed by atoms with Gasteiger partial charge in [0.15, 0.2) is 0 Å². The number of thiocarbonyl (C=S) groups is 1. The van der Waals surface area contributed by atoms with Crippen LogP contribution in [-0.4, -0.2) is 23.2 Å². The van der Waals surface area contributed by atoms with Crippen LogP contribution in [0.4, 0.5) is 5.82 Å². The summed E-state index contributed by atoms with van der Waals surface area (Å²) in [6.07, 6.45) is 0. The zero-order valence-corrected chi connectivity index (χ0v) is 13.3. The van der Waals surface area contributed by atoms with Crippen LogP contribution in [0.3, 0.4) is 0 Å². The van der Waals surface area contributed by atoms with E-state index in [1.807, 2.05) is 0 Å². The van der Waals surface area contributed by atoms with Crippen LogP contribution in [0.25, 0.3) is 0 Å². The van der Waals surface area contributed by atoms with Crippen molar-refractivity contribution in [3.8, 4) is 0 Å². The molecule has 0 saturated heterocycles. The first-order valence-electron chi connectivity index (χ1n) is 6.17. The summed E-state index contributed by atoms with van der Waals surface area (Å²) in [5, 5.41) is 4.09. The number of anilines is 1. The molecule has 1 aromatic carbocycles. The van der Waals surface area contributed by atoms with Gasteiger partial charge >= 0.3 is 0 Å². The minimum Gasteiger partial charge on any atom is -0.389 e. The fourth-order valence-electron chi connectivity index (χ4n) is 1.89. The van der Waals surface area contributed by atoms with E-state index in [1.54, 1.807) is 44.3 Å². The van der Waals surface area contributed by atoms with Crippen molar-refractivity contribution in [2.75, 3.05) is 4.72 Å². The summed E-state index contributed by atoms with van der Waals surface area (Å²) >= 11 is 4.86. The molecule has 0 aliphatic rings. The largest absolute Gasteiger partial charge is 0.389 e. The number of aryl methyl sites for hydroxylation is 2. The van der Waals surface area contributed by atoms with E-state index in [4.69, 9.17) is 18.0 Å². The molecule has 0 atom stereocenters. The highest BCUT2D eigenvalue weighted by Gasteiger charge is 2.14. The lowest BCUT2D eigenvalue weighted by molar-refractivity contribution is 0.599. The lowest BCUT2D eigenvalue weighted by atomic mass is 10.1. The molecule has 2 rings (SSSR count). The van der Waals surface area contributed by atoms with Crippen molar-refractivity contribution in [3.05, 3.63) is 47.2 Å². The quantitative estimate of drug-likeness (QED) is 0.809. The van der Waals surface area contributed by atoms with E-state index in [2.05, 4.69) is 9.82 Å². The highest BCUT2D eigenvalue weighted by atomic mass is 32.2. The lowest BCUT2D eigenvalue weighted by Crippen LogP contribution is -2.17. The van der Waals surface area contributed by atoms with Crippen LogP contribution in [0.5, 0.6) is 0 Å². The summed E-state index contributed by atoms with van der Waals surface area (Å²) in [5.74, 6) is 0.307. The number of benzene rings is 1. The van der Waals surface area contributed by atoms with Crippen LogP contribution in [0.2, 0.25) is 0 Å². The predicted molar refractivity (Wildman–Crippen MR) is 86.5 cm³/mol. The molecule has 0 unspecified atom stereocenters. The maximum absolute atomic E-state index is 12.1. The van der Waals surface area contributed by atoms with Gasteiger partial charge in [-0.1, -0.05) is 36.5 Å². The zero-order chi connectivity index (χ0) is 15.6. The fraction of sp³-hybridized carbons (Fsp3) is 0.231. The molecular weight excluding hydrogens is 308 g/mol. The second-order valence-corrected chi connectivity index (χ2v) is 6.88. The van der Waals surface area contributed by atoms with Gasteiger partial charge in [0.2, 0.25) is 10.0 Å². The third kappa shape index (κ3) is 4.02. The number of rotatable bonds is 5. The second kappa shape index (κ2) is 5.82. The third-order valence-corrected chi connectivity index (χ3v) is 4.33. The molecule has 0 spiro atoms. The Kier molecular flexibility index (Phi) is 4.29. The molecule has 0 amide bonds. The molecule has 0 aliphatic carbocycles. The van der Waals surface area contributed by atoms with Gasteiger partial charge < -0.3 is 5.73 Å². The van der Waals surface area contributed by atoms with E-state index in [1.165, 1.54) is 4.68 Å². The number of nitrogens with two attached hydrogens (primary N) is 1. The molecule has 0 saturated carbocycles. The van der Waals surface area contributed by atoms with Gasteiger partial charge in [-0.2, -0.15) is 5.10 Å². The van der Waals surface area contributed by atoms with Crippen molar-refractivity contribution in [1.29, 1.82) is 0 Å². The number of hydrogen-bond acceptors (Lipinski definition) is 4. The summed E-state index contributed by atoms with van der Waals surface area (Å²) in [7, 11) is -1.82. The maximum atomic E-state index is 12.1. The number of aromatic nitrogens is 2. The molecule has 6 nitrogen and oxygen atoms in total. The van der Waals surface area contributed by atoms with Crippen LogP contribution in [0.15, 0.2) is 30.3 Å². The van der Waals surface area contributed by atoms with Gasteiger partial charge in [-0.15, -0.1) is 0 Å². The summed E-state index contributed by atoms with van der Waals surface area (Å²) in [4.78, 5) is 0.285. The lowest BCUT2D eigenvalue weighted by Gasteiger charge is -2.08. The van der Waals surface area contributed by atoms with Crippen LogP contribution < -0.4 is 10.5 Å². The number of nitrogens with one attached hydrogen (secondary N) is 1. The predicted octanol–water partition coefficient (Wildman–Crippen LogP) is 1.30. The van der Waals surface area contributed by atoms with Gasteiger partial charge in [0.25, 0.3) is 0 Å². The van der Waals surface area contributed by atoms with Gasteiger partial charge in [-0.3, -0.25) is 9.40 Å². The Labute approximate surface area is 129 Å². The molecule has 3 N–H and O–H groups in total. The molecule has 0 bridgehead atoms. The van der Waals surface area contributed by atoms with E-state index < -0.39 is 10.0 Å². The van der Waals surface area contributed by atoms with Crippen molar-refractivity contribution in [3.63, 3.8) is 0 Å². The van der Waals surface area contributed by atoms with Crippen molar-refractivity contribution < 1.29 is 8.42 Å². The summed E-state index contributed by atoms with van der Waals surface area (Å²) < 4.78 is 28.3. The molecule has 21 heavy (non-hydrogen) atoms. The van der Waals surface area contributed by atoms with Gasteiger partial charge in [0.1, 0.15) is 10.8 Å². The summed E-state index contributed by atoms with van der Waals surface area (Å²) in [6.45, 7) is 1.80. The molecule has 0 radical (unpaired) electrons. The highest BCUT2D eigenvalue weighted by molar-refractivity contribution is 7.91. The van der Waals surface area contributed by atoms with Crippen molar-refractivity contribution in [1.82, 2.24) is 9.78 Å². The Bertz CT molecular complexity index is 764. The van der Waals surface area contributed by atoms with E-state index in [9.17, 15) is 8.42 Å². The smallest absolute Gasteiger partial charge is 0.238 e. The molecule has 8 heteroatoms. The van der Waals surface area contributed by atoms with Crippen molar-refractivity contribution in [2.24, 2.45) is 12.8 Å². The Balaban J connectivity index is 2.14. The fourth-order valence-corrected chi connectivity index (χ4v) is 3.24. The minimum atomic E-state index is -3.50. The molecule has 0 fully saturated rings. The standard InChI is InChI=1S/C13H16N4O2S2/c1-9-7-12(17(2)15-9)16-21(18,19)8-10-3-5-11(6-4-10)13(14)20/h3-7,16H,8H2,1-2H3,(H2,14,20). The monoisotopic (exact) mass is 324 g/mol. The molecule has 2 aromatic rings. The minimum absolute atomic E-state index is 0.130. The number of nitrogens with zero attached hydrogens (tertiary/aromatic N) is 2. The van der Waals surface area contributed by atoms with E-state index >= 15 is 0 Å². The van der Waals surface area contributed by atoms with Crippen LogP contribution >= 0.6 is 12.2 Å². The first-order valence-corrected chi connectivity index (χ1v) is 8.23. The average molecular weight is 324 g/mol. The topological polar surface area (TPSA) is 90.0 Å². The molecule has 0 aliphatic heterocycles. The molecule has 112 valence electrons. The first kappa shape index (κ1) is 15.5. The zero-order valence-electron chi connectivity index (χ0n) is 11.7. The van der Waals surface area contributed by atoms with Gasteiger partial charge in [-0.05, 0) is 12.5 Å². The van der Waals surface area contributed by atoms with Crippen molar-refractivity contribution in [2.45, 2.75) is 12.7 Å². The van der Waals surface area contributed by atoms with Crippen LogP contribution in [0.1, 0.15) is 16.8 Å². The second-order valence-electron chi connectivity index (χ2n) is 4.72. The summed E-state index contributed by atoms with van der Waals surface area (Å²) in [5.41, 5.74) is 7.61. The van der Waals surface area contributed by atoms with E-state index in [-0.39, 0.29) is 10.7 Å². The van der Waals surface area contributed by atoms with Crippen molar-refractivity contribution >= 4 is 33.0 Å². The Morgan fingerprint density at radius 1 is 1.38 bits per heavy atom. The number of sulfonamides is 1.